The number of methoxy groups -OCH3 is 1. The van der Waals surface area contributed by atoms with Crippen LogP contribution in [0.4, 0.5) is 5.69 Å². The SMILES string of the molecule is COc1cc2oc(C)c(C)c2cc1/C(C)=C/C(=O)Nc1cc(C)cc(C)c1. The zero-order valence-electron chi connectivity index (χ0n) is 16.7. The van der Waals surface area contributed by atoms with Gasteiger partial charge in [-0.05, 0) is 75.1 Å². The van der Waals surface area contributed by atoms with E-state index in [0.29, 0.717) is 5.75 Å². The Morgan fingerprint density at radius 2 is 1.70 bits per heavy atom. The minimum atomic E-state index is -0.167. The van der Waals surface area contributed by atoms with Crippen molar-refractivity contribution in [2.45, 2.75) is 34.6 Å². The van der Waals surface area contributed by atoms with Crippen molar-refractivity contribution in [3.63, 3.8) is 0 Å². The van der Waals surface area contributed by atoms with E-state index in [0.717, 1.165) is 50.2 Å². The maximum atomic E-state index is 12.5. The van der Waals surface area contributed by atoms with Gasteiger partial charge < -0.3 is 14.5 Å². The zero-order valence-corrected chi connectivity index (χ0v) is 16.7. The number of rotatable bonds is 4. The van der Waals surface area contributed by atoms with Gasteiger partial charge in [0.1, 0.15) is 17.1 Å². The predicted octanol–water partition coefficient (Wildman–Crippen LogP) is 5.72. The summed E-state index contributed by atoms with van der Waals surface area (Å²) in [5.74, 6) is 1.40. The molecule has 1 amide bonds. The summed E-state index contributed by atoms with van der Waals surface area (Å²) < 4.78 is 11.3. The van der Waals surface area contributed by atoms with Crippen LogP contribution in [0.3, 0.4) is 0 Å². The fourth-order valence-electron chi connectivity index (χ4n) is 3.35. The van der Waals surface area contributed by atoms with Gasteiger partial charge in [-0.25, -0.2) is 0 Å². The Balaban J connectivity index is 1.94. The van der Waals surface area contributed by atoms with Gasteiger partial charge in [0.2, 0.25) is 5.91 Å². The molecule has 1 N–H and O–H groups in total. The molecule has 0 saturated carbocycles. The number of fused-ring (bicyclic) bond motifs is 1. The van der Waals surface area contributed by atoms with Crippen molar-refractivity contribution in [3.8, 4) is 5.75 Å². The van der Waals surface area contributed by atoms with Gasteiger partial charge in [0.25, 0.3) is 0 Å². The van der Waals surface area contributed by atoms with Crippen molar-refractivity contribution in [1.82, 2.24) is 0 Å². The van der Waals surface area contributed by atoms with Gasteiger partial charge in [-0.2, -0.15) is 0 Å². The smallest absolute Gasteiger partial charge is 0.248 e. The van der Waals surface area contributed by atoms with Crippen LogP contribution in [-0.2, 0) is 4.79 Å². The van der Waals surface area contributed by atoms with E-state index in [1.54, 1.807) is 13.2 Å². The highest BCUT2D eigenvalue weighted by Crippen LogP contribution is 2.34. The molecule has 3 rings (SSSR count). The Morgan fingerprint density at radius 3 is 2.33 bits per heavy atom. The number of nitrogens with one attached hydrogen (secondary N) is 1. The molecule has 0 atom stereocenters. The van der Waals surface area contributed by atoms with Crippen LogP contribution in [0.2, 0.25) is 0 Å². The lowest BCUT2D eigenvalue weighted by molar-refractivity contribution is -0.111. The standard InChI is InChI=1S/C23H25NO3/c1-13-7-14(2)9-18(8-13)24-23(25)10-15(3)19-11-20-16(4)17(5)27-22(20)12-21(19)26-6/h7-12H,1-6H3,(H,24,25)/b15-10+. The van der Waals surface area contributed by atoms with Crippen LogP contribution >= 0.6 is 0 Å². The predicted molar refractivity (Wildman–Crippen MR) is 110 cm³/mol. The first kappa shape index (κ1) is 18.8. The van der Waals surface area contributed by atoms with Crippen molar-refractivity contribution in [2.24, 2.45) is 0 Å². The monoisotopic (exact) mass is 363 g/mol. The average molecular weight is 363 g/mol. The Bertz CT molecular complexity index is 1040. The van der Waals surface area contributed by atoms with E-state index in [9.17, 15) is 4.79 Å². The molecule has 0 radical (unpaired) electrons. The summed E-state index contributed by atoms with van der Waals surface area (Å²) in [5, 5.41) is 3.97. The Morgan fingerprint density at radius 1 is 1.04 bits per heavy atom. The molecule has 140 valence electrons. The van der Waals surface area contributed by atoms with E-state index in [1.165, 1.54) is 0 Å². The second-order valence-electron chi connectivity index (χ2n) is 7.02. The summed E-state index contributed by atoms with van der Waals surface area (Å²) in [6.45, 7) is 9.91. The van der Waals surface area contributed by atoms with Crippen molar-refractivity contribution in [3.05, 3.63) is 64.4 Å². The van der Waals surface area contributed by atoms with E-state index >= 15 is 0 Å². The number of aryl methyl sites for hydroxylation is 4. The van der Waals surface area contributed by atoms with Crippen LogP contribution in [0.25, 0.3) is 16.5 Å². The molecule has 1 heterocycles. The van der Waals surface area contributed by atoms with E-state index in [-0.39, 0.29) is 5.91 Å². The number of amides is 1. The molecule has 27 heavy (non-hydrogen) atoms. The molecule has 4 nitrogen and oxygen atoms in total. The number of hydrogen-bond donors (Lipinski definition) is 1. The summed E-state index contributed by atoms with van der Waals surface area (Å²) in [6, 6.07) is 9.89. The molecular weight excluding hydrogens is 338 g/mol. The quantitative estimate of drug-likeness (QED) is 0.603. The maximum absolute atomic E-state index is 12.5. The third-order valence-corrected chi connectivity index (χ3v) is 4.76. The summed E-state index contributed by atoms with van der Waals surface area (Å²) in [7, 11) is 1.62. The average Bonchev–Trinajstić information content (AvgIpc) is 2.86. The van der Waals surface area contributed by atoms with Crippen LogP contribution in [0, 0.1) is 27.7 Å². The van der Waals surface area contributed by atoms with Gasteiger partial charge in [0.05, 0.1) is 7.11 Å². The Labute approximate surface area is 159 Å². The number of benzene rings is 2. The van der Waals surface area contributed by atoms with E-state index in [2.05, 4.69) is 11.4 Å². The normalized spacial score (nSPS) is 11.7. The number of ether oxygens (including phenoxy) is 1. The maximum Gasteiger partial charge on any atom is 0.248 e. The van der Waals surface area contributed by atoms with E-state index in [4.69, 9.17) is 9.15 Å². The second-order valence-corrected chi connectivity index (χ2v) is 7.02. The number of carbonyl (C=O) groups is 1. The molecule has 0 aliphatic heterocycles. The summed E-state index contributed by atoms with van der Waals surface area (Å²) >= 11 is 0. The number of allylic oxidation sites excluding steroid dienone is 1. The zero-order chi connectivity index (χ0) is 19.7. The van der Waals surface area contributed by atoms with Crippen molar-refractivity contribution in [2.75, 3.05) is 12.4 Å². The molecule has 0 aliphatic rings. The van der Waals surface area contributed by atoms with Crippen LogP contribution in [-0.4, -0.2) is 13.0 Å². The van der Waals surface area contributed by atoms with Crippen molar-refractivity contribution < 1.29 is 13.9 Å². The van der Waals surface area contributed by atoms with E-state index in [1.807, 2.05) is 58.9 Å². The van der Waals surface area contributed by atoms with Gasteiger partial charge >= 0.3 is 0 Å². The highest BCUT2D eigenvalue weighted by Gasteiger charge is 2.14. The van der Waals surface area contributed by atoms with E-state index < -0.39 is 0 Å². The van der Waals surface area contributed by atoms with Crippen LogP contribution in [0.5, 0.6) is 5.75 Å². The van der Waals surface area contributed by atoms with Gasteiger partial charge in [-0.3, -0.25) is 4.79 Å². The molecule has 0 unspecified atom stereocenters. The lowest BCUT2D eigenvalue weighted by Crippen LogP contribution is -2.09. The first-order valence-corrected chi connectivity index (χ1v) is 8.94. The molecular formula is C23H25NO3. The molecule has 1 aromatic heterocycles. The van der Waals surface area contributed by atoms with Crippen LogP contribution in [0.15, 0.2) is 40.8 Å². The molecule has 0 bridgehead atoms. The lowest BCUT2D eigenvalue weighted by atomic mass is 10.0. The number of carbonyl (C=O) groups excluding carboxylic acids is 1. The Hall–Kier alpha value is -3.01. The van der Waals surface area contributed by atoms with Gasteiger partial charge in [0.15, 0.2) is 0 Å². The van der Waals surface area contributed by atoms with Crippen molar-refractivity contribution in [1.29, 1.82) is 0 Å². The molecule has 0 saturated heterocycles. The molecule has 2 aromatic carbocycles. The third-order valence-electron chi connectivity index (χ3n) is 4.76. The first-order valence-electron chi connectivity index (χ1n) is 8.94. The number of furan rings is 1. The molecule has 0 aliphatic carbocycles. The summed E-state index contributed by atoms with van der Waals surface area (Å²) in [5.41, 5.74) is 6.62. The molecule has 4 heteroatoms. The van der Waals surface area contributed by atoms with Crippen molar-refractivity contribution >= 4 is 28.1 Å². The fourth-order valence-corrected chi connectivity index (χ4v) is 3.35. The number of hydrogen-bond acceptors (Lipinski definition) is 3. The second kappa shape index (κ2) is 7.31. The summed E-state index contributed by atoms with van der Waals surface area (Å²) in [6.07, 6.45) is 1.60. The first-order chi connectivity index (χ1) is 12.8. The number of anilines is 1. The minimum absolute atomic E-state index is 0.167. The lowest BCUT2D eigenvalue weighted by Gasteiger charge is -2.10. The largest absolute Gasteiger partial charge is 0.496 e. The van der Waals surface area contributed by atoms with Gasteiger partial charge in [-0.15, -0.1) is 0 Å². The van der Waals surface area contributed by atoms with Crippen LogP contribution < -0.4 is 10.1 Å². The highest BCUT2D eigenvalue weighted by molar-refractivity contribution is 6.04. The van der Waals surface area contributed by atoms with Gasteiger partial charge in [-0.1, -0.05) is 6.07 Å². The summed E-state index contributed by atoms with van der Waals surface area (Å²) in [4.78, 5) is 12.5. The molecule has 0 fully saturated rings. The highest BCUT2D eigenvalue weighted by atomic mass is 16.5. The van der Waals surface area contributed by atoms with Crippen LogP contribution in [0.1, 0.15) is 34.9 Å². The Kier molecular flexibility index (Phi) is 5.08. The molecule has 3 aromatic rings. The topological polar surface area (TPSA) is 51.5 Å². The minimum Gasteiger partial charge on any atom is -0.496 e. The third kappa shape index (κ3) is 3.90. The van der Waals surface area contributed by atoms with Gasteiger partial charge in [0, 0.05) is 28.8 Å². The fraction of sp³-hybridized carbons (Fsp3) is 0.261. The molecule has 0 spiro atoms.